The lowest BCUT2D eigenvalue weighted by molar-refractivity contribution is 0.0174. The van der Waals surface area contributed by atoms with Crippen LogP contribution in [0.1, 0.15) is 48.5 Å². The van der Waals surface area contributed by atoms with E-state index >= 15 is 0 Å². The average molecular weight is 242 g/mol. The Morgan fingerprint density at radius 3 is 2.39 bits per heavy atom. The maximum atomic E-state index is 11.9. The molecule has 1 fully saturated rings. The topological polar surface area (TPSA) is 26.3 Å². The van der Waals surface area contributed by atoms with Gasteiger partial charge < -0.3 is 4.74 Å². The number of hydrogen-bond acceptors (Lipinski definition) is 2. The van der Waals surface area contributed by atoms with Gasteiger partial charge in [0.05, 0.1) is 5.56 Å². The smallest absolute Gasteiger partial charge is 0.338 e. The standard InChI is InChI=1S/C16H18O2/c1-3-13-6-8-14(9-7-13)16(17)18-15-10-4-12(2)5-11-15/h1,6-9,12,15H,4-5,10-11H2,2H3. The fraction of sp³-hybridized carbons (Fsp3) is 0.438. The van der Waals surface area contributed by atoms with E-state index in [4.69, 9.17) is 11.2 Å². The normalized spacial score (nSPS) is 23.1. The summed E-state index contributed by atoms with van der Waals surface area (Å²) in [4.78, 5) is 11.9. The minimum Gasteiger partial charge on any atom is -0.459 e. The average Bonchev–Trinajstić information content (AvgIpc) is 2.41. The SMILES string of the molecule is C#Cc1ccc(C(=O)OC2CCC(C)CC2)cc1. The Labute approximate surface area is 108 Å². The molecule has 1 aromatic rings. The van der Waals surface area contributed by atoms with Crippen molar-refractivity contribution in [3.8, 4) is 12.3 Å². The molecule has 2 rings (SSSR count). The van der Waals surface area contributed by atoms with Gasteiger partial charge in [0.15, 0.2) is 0 Å². The van der Waals surface area contributed by atoms with Crippen LogP contribution >= 0.6 is 0 Å². The highest BCUT2D eigenvalue weighted by atomic mass is 16.5. The van der Waals surface area contributed by atoms with Crippen molar-refractivity contribution in [3.05, 3.63) is 35.4 Å². The van der Waals surface area contributed by atoms with E-state index in [0.29, 0.717) is 5.56 Å². The molecule has 1 saturated carbocycles. The van der Waals surface area contributed by atoms with Crippen molar-refractivity contribution in [2.24, 2.45) is 5.92 Å². The first-order chi connectivity index (χ1) is 8.69. The van der Waals surface area contributed by atoms with E-state index in [1.54, 1.807) is 24.3 Å². The number of carbonyl (C=O) groups is 1. The summed E-state index contributed by atoms with van der Waals surface area (Å²) in [7, 11) is 0. The molecule has 0 unspecified atom stereocenters. The van der Waals surface area contributed by atoms with Crippen molar-refractivity contribution in [2.75, 3.05) is 0 Å². The molecule has 0 amide bonds. The molecule has 1 aliphatic carbocycles. The predicted molar refractivity (Wildman–Crippen MR) is 71.2 cm³/mol. The van der Waals surface area contributed by atoms with E-state index in [1.165, 1.54) is 0 Å². The van der Waals surface area contributed by atoms with Crippen molar-refractivity contribution >= 4 is 5.97 Å². The zero-order valence-corrected chi connectivity index (χ0v) is 10.7. The van der Waals surface area contributed by atoms with Crippen LogP contribution in [-0.4, -0.2) is 12.1 Å². The Balaban J connectivity index is 1.93. The van der Waals surface area contributed by atoms with E-state index in [9.17, 15) is 4.79 Å². The van der Waals surface area contributed by atoms with Crippen LogP contribution < -0.4 is 0 Å². The molecule has 0 aromatic heterocycles. The maximum absolute atomic E-state index is 11.9. The molecule has 18 heavy (non-hydrogen) atoms. The van der Waals surface area contributed by atoms with Crippen LogP contribution in [0.5, 0.6) is 0 Å². The predicted octanol–water partition coefficient (Wildman–Crippen LogP) is 3.40. The number of rotatable bonds is 2. The molecule has 0 radical (unpaired) electrons. The molecule has 0 bridgehead atoms. The monoisotopic (exact) mass is 242 g/mol. The third-order valence-electron chi connectivity index (χ3n) is 3.52. The lowest BCUT2D eigenvalue weighted by Gasteiger charge is -2.25. The summed E-state index contributed by atoms with van der Waals surface area (Å²) in [5, 5.41) is 0. The van der Waals surface area contributed by atoms with Crippen LogP contribution in [0.25, 0.3) is 0 Å². The largest absolute Gasteiger partial charge is 0.459 e. The summed E-state index contributed by atoms with van der Waals surface area (Å²) in [6.45, 7) is 2.25. The maximum Gasteiger partial charge on any atom is 0.338 e. The summed E-state index contributed by atoms with van der Waals surface area (Å²) in [6.07, 6.45) is 9.61. The third-order valence-corrected chi connectivity index (χ3v) is 3.52. The van der Waals surface area contributed by atoms with Gasteiger partial charge in [0.2, 0.25) is 0 Å². The van der Waals surface area contributed by atoms with Gasteiger partial charge in [-0.2, -0.15) is 0 Å². The van der Waals surface area contributed by atoms with Gasteiger partial charge >= 0.3 is 5.97 Å². The minimum absolute atomic E-state index is 0.0843. The number of carbonyl (C=O) groups excluding carboxylic acids is 1. The van der Waals surface area contributed by atoms with Gasteiger partial charge in [0, 0.05) is 5.56 Å². The highest BCUT2D eigenvalue weighted by molar-refractivity contribution is 5.89. The highest BCUT2D eigenvalue weighted by Crippen LogP contribution is 2.26. The Hall–Kier alpha value is -1.75. The Kier molecular flexibility index (Phi) is 4.04. The molecular formula is C16H18O2. The zero-order valence-electron chi connectivity index (χ0n) is 10.7. The van der Waals surface area contributed by atoms with Crippen LogP contribution in [0.15, 0.2) is 24.3 Å². The van der Waals surface area contributed by atoms with Gasteiger partial charge in [-0.3, -0.25) is 0 Å². The quantitative estimate of drug-likeness (QED) is 0.587. The summed E-state index contributed by atoms with van der Waals surface area (Å²) in [5.74, 6) is 3.05. The molecular weight excluding hydrogens is 224 g/mol. The fourth-order valence-corrected chi connectivity index (χ4v) is 2.27. The van der Waals surface area contributed by atoms with Gasteiger partial charge in [-0.05, 0) is 55.9 Å². The minimum atomic E-state index is -0.238. The molecule has 2 heteroatoms. The lowest BCUT2D eigenvalue weighted by Crippen LogP contribution is -2.23. The van der Waals surface area contributed by atoms with E-state index in [0.717, 1.165) is 37.2 Å². The molecule has 0 atom stereocenters. The van der Waals surface area contributed by atoms with Gasteiger partial charge in [0.1, 0.15) is 6.10 Å². The summed E-state index contributed by atoms with van der Waals surface area (Å²) >= 11 is 0. The molecule has 0 heterocycles. The second-order valence-corrected chi connectivity index (χ2v) is 5.01. The van der Waals surface area contributed by atoms with Crippen molar-refractivity contribution in [2.45, 2.75) is 38.7 Å². The van der Waals surface area contributed by atoms with Gasteiger partial charge in [-0.15, -0.1) is 6.42 Å². The van der Waals surface area contributed by atoms with Gasteiger partial charge in [-0.1, -0.05) is 12.8 Å². The Morgan fingerprint density at radius 1 is 1.22 bits per heavy atom. The summed E-state index contributed by atoms with van der Waals surface area (Å²) in [6, 6.07) is 6.98. The van der Waals surface area contributed by atoms with Gasteiger partial charge in [0.25, 0.3) is 0 Å². The first-order valence-electron chi connectivity index (χ1n) is 6.46. The number of benzene rings is 1. The van der Waals surface area contributed by atoms with Crippen molar-refractivity contribution in [1.82, 2.24) is 0 Å². The van der Waals surface area contributed by atoms with E-state index < -0.39 is 0 Å². The zero-order chi connectivity index (χ0) is 13.0. The molecule has 0 N–H and O–H groups in total. The second kappa shape index (κ2) is 5.73. The molecule has 0 spiro atoms. The van der Waals surface area contributed by atoms with Crippen LogP contribution in [0.4, 0.5) is 0 Å². The van der Waals surface area contributed by atoms with Gasteiger partial charge in [-0.25, -0.2) is 4.79 Å². The van der Waals surface area contributed by atoms with Crippen molar-refractivity contribution in [3.63, 3.8) is 0 Å². The van der Waals surface area contributed by atoms with E-state index in [1.807, 2.05) is 0 Å². The number of terminal acetylenes is 1. The highest BCUT2D eigenvalue weighted by Gasteiger charge is 2.21. The molecule has 0 saturated heterocycles. The number of esters is 1. The Bertz CT molecular complexity index is 445. The fourth-order valence-electron chi connectivity index (χ4n) is 2.27. The van der Waals surface area contributed by atoms with Crippen LogP contribution in [0.3, 0.4) is 0 Å². The number of hydrogen-bond donors (Lipinski definition) is 0. The first-order valence-corrected chi connectivity index (χ1v) is 6.46. The van der Waals surface area contributed by atoms with E-state index in [-0.39, 0.29) is 12.1 Å². The van der Waals surface area contributed by atoms with Crippen LogP contribution in [0.2, 0.25) is 0 Å². The molecule has 2 nitrogen and oxygen atoms in total. The number of ether oxygens (including phenoxy) is 1. The molecule has 0 aliphatic heterocycles. The molecule has 94 valence electrons. The lowest BCUT2D eigenvalue weighted by atomic mass is 9.89. The van der Waals surface area contributed by atoms with Crippen LogP contribution in [-0.2, 0) is 4.74 Å². The van der Waals surface area contributed by atoms with E-state index in [2.05, 4.69) is 12.8 Å². The second-order valence-electron chi connectivity index (χ2n) is 5.01. The summed E-state index contributed by atoms with van der Waals surface area (Å²) in [5.41, 5.74) is 1.35. The van der Waals surface area contributed by atoms with Crippen molar-refractivity contribution < 1.29 is 9.53 Å². The molecule has 1 aromatic carbocycles. The van der Waals surface area contributed by atoms with Crippen molar-refractivity contribution in [1.29, 1.82) is 0 Å². The molecule has 1 aliphatic rings. The summed E-state index contributed by atoms with van der Waals surface area (Å²) < 4.78 is 5.51. The third kappa shape index (κ3) is 3.13. The van der Waals surface area contributed by atoms with Crippen LogP contribution in [0, 0.1) is 18.3 Å². The Morgan fingerprint density at radius 2 is 1.83 bits per heavy atom. The first kappa shape index (κ1) is 12.7.